The standard InChI is InChI=1S/C19H15NO.C14H13NO.C13H11NO.V/c21-19-16(14-20-17-11-5-2-6-12-17)10-7-13-18(19)15-8-3-1-4-9-15;1-11-6-5-7-12(14(11)16)10-15-13-8-3-2-4-9-13;15-13-9-5-4-6-11(13)10-14-12-7-2-1-3-8-12;/h1-14,21H;2-10,16H,1H3;1-10,15H;. The molecule has 0 aliphatic rings. The molecular formula is C46H39N3O3V. The Morgan fingerprint density at radius 2 is 0.755 bits per heavy atom. The summed E-state index contributed by atoms with van der Waals surface area (Å²) >= 11 is 0. The van der Waals surface area contributed by atoms with Gasteiger partial charge in [-0.1, -0.05) is 121 Å². The molecule has 7 aromatic rings. The van der Waals surface area contributed by atoms with Crippen LogP contribution in [-0.2, 0) is 18.6 Å². The third-order valence-corrected chi connectivity index (χ3v) is 7.68. The molecule has 0 aliphatic carbocycles. The zero-order valence-electron chi connectivity index (χ0n) is 29.2. The molecule has 0 amide bonds. The summed E-state index contributed by atoms with van der Waals surface area (Å²) in [4.78, 5) is 12.9. The van der Waals surface area contributed by atoms with E-state index >= 15 is 0 Å². The van der Waals surface area contributed by atoms with E-state index in [9.17, 15) is 15.3 Å². The fourth-order valence-corrected chi connectivity index (χ4v) is 4.87. The maximum absolute atomic E-state index is 10.4. The molecule has 6 nitrogen and oxygen atoms in total. The third-order valence-electron chi connectivity index (χ3n) is 7.68. The van der Waals surface area contributed by atoms with Crippen LogP contribution in [0.5, 0.6) is 17.2 Å². The largest absolute Gasteiger partial charge is 0.507 e. The average molecular weight is 733 g/mol. The van der Waals surface area contributed by atoms with Crippen molar-refractivity contribution in [2.24, 2.45) is 15.0 Å². The van der Waals surface area contributed by atoms with E-state index < -0.39 is 0 Å². The number of benzene rings is 7. The molecule has 261 valence electrons. The van der Waals surface area contributed by atoms with Crippen molar-refractivity contribution in [3.63, 3.8) is 0 Å². The maximum Gasteiger partial charge on any atom is 0.132 e. The summed E-state index contributed by atoms with van der Waals surface area (Å²) < 4.78 is 0. The number of hydrogen-bond acceptors (Lipinski definition) is 6. The number of aliphatic imine (C=N–C) groups is 3. The normalized spacial score (nSPS) is 10.6. The Labute approximate surface area is 322 Å². The molecule has 0 heterocycles. The van der Waals surface area contributed by atoms with Crippen LogP contribution in [0.3, 0.4) is 0 Å². The molecule has 7 rings (SSSR count). The van der Waals surface area contributed by atoms with Gasteiger partial charge in [0, 0.05) is 59.5 Å². The van der Waals surface area contributed by atoms with Crippen LogP contribution in [0.1, 0.15) is 22.3 Å². The molecule has 0 saturated carbocycles. The third kappa shape index (κ3) is 12.4. The molecule has 0 fully saturated rings. The molecule has 0 atom stereocenters. The minimum absolute atomic E-state index is 0. The molecule has 3 N–H and O–H groups in total. The Hall–Kier alpha value is -6.47. The van der Waals surface area contributed by atoms with Crippen molar-refractivity contribution in [1.29, 1.82) is 0 Å². The summed E-state index contributed by atoms with van der Waals surface area (Å²) in [5, 5.41) is 29.7. The van der Waals surface area contributed by atoms with Crippen molar-refractivity contribution in [2.75, 3.05) is 0 Å². The van der Waals surface area contributed by atoms with Crippen molar-refractivity contribution < 1.29 is 33.9 Å². The van der Waals surface area contributed by atoms with Gasteiger partial charge in [-0.25, -0.2) is 0 Å². The SMILES string of the molecule is Cc1cccc(C=Nc2ccccc2)c1O.Oc1c(C=Nc2ccccc2)cccc1-c1ccccc1.Oc1ccccc1C=Nc1ccccc1.[V]. The zero-order chi connectivity index (χ0) is 36.4. The quantitative estimate of drug-likeness (QED) is 0.142. The first kappa shape index (κ1) is 39.3. The van der Waals surface area contributed by atoms with E-state index in [0.717, 1.165) is 44.9 Å². The van der Waals surface area contributed by atoms with Gasteiger partial charge in [-0.2, -0.15) is 0 Å². The van der Waals surface area contributed by atoms with Crippen LogP contribution in [0.15, 0.2) is 197 Å². The summed E-state index contributed by atoms with van der Waals surface area (Å²) in [6, 6.07) is 57.2. The maximum atomic E-state index is 10.4. The molecule has 53 heavy (non-hydrogen) atoms. The van der Waals surface area contributed by atoms with Crippen molar-refractivity contribution in [1.82, 2.24) is 0 Å². The van der Waals surface area contributed by atoms with Crippen molar-refractivity contribution in [3.8, 4) is 28.4 Å². The molecule has 0 unspecified atom stereocenters. The van der Waals surface area contributed by atoms with E-state index in [0.29, 0.717) is 11.3 Å². The first-order valence-corrected chi connectivity index (χ1v) is 16.7. The summed E-state index contributed by atoms with van der Waals surface area (Å²) in [5.41, 5.74) is 7.45. The Morgan fingerprint density at radius 3 is 1.25 bits per heavy atom. The van der Waals surface area contributed by atoms with Crippen LogP contribution in [0.25, 0.3) is 11.1 Å². The Kier molecular flexibility index (Phi) is 15.6. The van der Waals surface area contributed by atoms with Gasteiger partial charge in [0.05, 0.1) is 17.1 Å². The molecule has 1 radical (unpaired) electrons. The molecular weight excluding hydrogens is 693 g/mol. The van der Waals surface area contributed by atoms with Gasteiger partial charge >= 0.3 is 0 Å². The predicted octanol–water partition coefficient (Wildman–Crippen LogP) is 11.4. The van der Waals surface area contributed by atoms with Crippen LogP contribution < -0.4 is 0 Å². The molecule has 0 saturated heterocycles. The first-order chi connectivity index (χ1) is 25.5. The fraction of sp³-hybridized carbons (Fsp3) is 0.0217. The van der Waals surface area contributed by atoms with Gasteiger partial charge in [0.15, 0.2) is 0 Å². The number of phenolic OH excluding ortho intramolecular Hbond substituents is 3. The Balaban J connectivity index is 0.000000179. The summed E-state index contributed by atoms with van der Waals surface area (Å²) in [5.74, 6) is 0.794. The topological polar surface area (TPSA) is 97.8 Å². The second-order valence-electron chi connectivity index (χ2n) is 11.5. The Bertz CT molecular complexity index is 2230. The van der Waals surface area contributed by atoms with Gasteiger partial charge in [0.1, 0.15) is 17.2 Å². The number of aromatic hydroxyl groups is 3. The van der Waals surface area contributed by atoms with Crippen LogP contribution >= 0.6 is 0 Å². The number of para-hydroxylation sites is 6. The van der Waals surface area contributed by atoms with Gasteiger partial charge in [-0.15, -0.1) is 0 Å². The van der Waals surface area contributed by atoms with Gasteiger partial charge in [-0.3, -0.25) is 15.0 Å². The number of aryl methyl sites for hydroxylation is 1. The van der Waals surface area contributed by atoms with Crippen LogP contribution in [0.2, 0.25) is 0 Å². The minimum atomic E-state index is 0. The second kappa shape index (κ2) is 21.0. The fourth-order valence-electron chi connectivity index (χ4n) is 4.87. The zero-order valence-corrected chi connectivity index (χ0v) is 30.6. The molecule has 7 aromatic carbocycles. The van der Waals surface area contributed by atoms with Crippen LogP contribution in [-0.4, -0.2) is 34.0 Å². The van der Waals surface area contributed by atoms with E-state index in [4.69, 9.17) is 0 Å². The Morgan fingerprint density at radius 1 is 0.377 bits per heavy atom. The predicted molar refractivity (Wildman–Crippen MR) is 216 cm³/mol. The summed E-state index contributed by atoms with van der Waals surface area (Å²) in [7, 11) is 0. The minimum Gasteiger partial charge on any atom is -0.507 e. The van der Waals surface area contributed by atoms with Gasteiger partial charge in [-0.05, 0) is 78.7 Å². The van der Waals surface area contributed by atoms with E-state index in [1.54, 1.807) is 30.8 Å². The van der Waals surface area contributed by atoms with E-state index in [-0.39, 0.29) is 30.1 Å². The van der Waals surface area contributed by atoms with Gasteiger partial charge < -0.3 is 15.3 Å². The summed E-state index contributed by atoms with van der Waals surface area (Å²) in [6.07, 6.45) is 5.03. The molecule has 0 aliphatic heterocycles. The van der Waals surface area contributed by atoms with E-state index in [1.165, 1.54) is 0 Å². The van der Waals surface area contributed by atoms with Gasteiger partial charge in [0.2, 0.25) is 0 Å². The molecule has 0 aromatic heterocycles. The molecule has 0 spiro atoms. The van der Waals surface area contributed by atoms with E-state index in [1.807, 2.05) is 177 Å². The van der Waals surface area contributed by atoms with Crippen molar-refractivity contribution >= 4 is 35.7 Å². The second-order valence-corrected chi connectivity index (χ2v) is 11.5. The summed E-state index contributed by atoms with van der Waals surface area (Å²) in [6.45, 7) is 1.87. The number of hydrogen-bond donors (Lipinski definition) is 3. The smallest absolute Gasteiger partial charge is 0.132 e. The van der Waals surface area contributed by atoms with Gasteiger partial charge in [0.25, 0.3) is 0 Å². The monoisotopic (exact) mass is 732 g/mol. The van der Waals surface area contributed by atoms with Crippen molar-refractivity contribution in [3.05, 3.63) is 204 Å². The number of rotatable bonds is 7. The molecule has 7 heteroatoms. The molecule has 0 bridgehead atoms. The van der Waals surface area contributed by atoms with Crippen LogP contribution in [0, 0.1) is 6.92 Å². The average Bonchev–Trinajstić information content (AvgIpc) is 3.20. The number of nitrogens with zero attached hydrogens (tertiary/aromatic N) is 3. The number of phenols is 3. The first-order valence-electron chi connectivity index (χ1n) is 16.7. The van der Waals surface area contributed by atoms with Crippen molar-refractivity contribution in [2.45, 2.75) is 6.92 Å². The van der Waals surface area contributed by atoms with Crippen LogP contribution in [0.4, 0.5) is 17.1 Å². The van der Waals surface area contributed by atoms with E-state index in [2.05, 4.69) is 15.0 Å².